The van der Waals surface area contributed by atoms with E-state index in [1.165, 1.54) is 25.3 Å². The zero-order valence-electron chi connectivity index (χ0n) is 16.7. The van der Waals surface area contributed by atoms with Gasteiger partial charge in [-0.25, -0.2) is 15.0 Å². The fourth-order valence-electron chi connectivity index (χ4n) is 2.76. The van der Waals surface area contributed by atoms with E-state index < -0.39 is 23.6 Å². The predicted molar refractivity (Wildman–Crippen MR) is 112 cm³/mol. The number of halogens is 3. The molecule has 0 spiro atoms. The van der Waals surface area contributed by atoms with Crippen LogP contribution < -0.4 is 22.1 Å². The maximum Gasteiger partial charge on any atom is 0.416 e. The van der Waals surface area contributed by atoms with Gasteiger partial charge in [0.25, 0.3) is 11.8 Å². The monoisotopic (exact) mass is 465 g/mol. The molecule has 0 aliphatic heterocycles. The minimum Gasteiger partial charge on any atom is -0.383 e. The Morgan fingerprint density at radius 3 is 2.59 bits per heavy atom. The van der Waals surface area contributed by atoms with Gasteiger partial charge in [0.15, 0.2) is 0 Å². The first-order valence-corrected chi connectivity index (χ1v) is 9.93. The molecule has 0 radical (unpaired) electrons. The number of hydrogen-bond donors (Lipinski definition) is 4. The van der Waals surface area contributed by atoms with Crippen molar-refractivity contribution in [2.45, 2.75) is 26.2 Å². The van der Waals surface area contributed by atoms with E-state index in [1.54, 1.807) is 0 Å². The van der Waals surface area contributed by atoms with Crippen LogP contribution >= 0.6 is 11.3 Å². The Bertz CT molecular complexity index is 1160. The second kappa shape index (κ2) is 9.28. The summed E-state index contributed by atoms with van der Waals surface area (Å²) < 4.78 is 39.2. The number of alkyl halides is 3. The van der Waals surface area contributed by atoms with Crippen LogP contribution in [-0.2, 0) is 19.3 Å². The molecule has 168 valence electrons. The lowest BCUT2D eigenvalue weighted by Gasteiger charge is -2.12. The van der Waals surface area contributed by atoms with E-state index in [-0.39, 0.29) is 40.7 Å². The molecule has 2 amide bonds. The number of carbonyl (C=O) groups is 2. The number of benzene rings is 1. The Kier molecular flexibility index (Phi) is 6.69. The van der Waals surface area contributed by atoms with Gasteiger partial charge in [-0.2, -0.15) is 13.2 Å². The molecule has 13 heteroatoms. The number of amides is 2. The molecule has 9 nitrogen and oxygen atoms in total. The van der Waals surface area contributed by atoms with Crippen molar-refractivity contribution in [2.75, 3.05) is 11.1 Å². The fraction of sp³-hybridized carbons (Fsp3) is 0.211. The maximum absolute atomic E-state index is 13.1. The average molecular weight is 465 g/mol. The predicted octanol–water partition coefficient (Wildman–Crippen LogP) is 2.48. The molecule has 1 aromatic carbocycles. The molecule has 0 aliphatic rings. The molecule has 0 unspecified atom stereocenters. The zero-order valence-corrected chi connectivity index (χ0v) is 17.5. The van der Waals surface area contributed by atoms with Crippen LogP contribution in [0.4, 0.5) is 24.7 Å². The largest absolute Gasteiger partial charge is 0.416 e. The number of hydrogen-bond acceptors (Lipinski definition) is 8. The summed E-state index contributed by atoms with van der Waals surface area (Å²) in [7, 11) is 0. The molecule has 0 saturated carbocycles. The van der Waals surface area contributed by atoms with Crippen LogP contribution in [0.15, 0.2) is 30.7 Å². The molecule has 0 bridgehead atoms. The number of nitrogens with one attached hydrogen (secondary N) is 2. The number of aromatic nitrogens is 3. The first-order chi connectivity index (χ1) is 15.1. The highest BCUT2D eigenvalue weighted by molar-refractivity contribution is 7.13. The number of rotatable bonds is 6. The molecule has 3 rings (SSSR count). The highest BCUT2D eigenvalue weighted by atomic mass is 32.1. The Hall–Kier alpha value is -3.58. The first-order valence-electron chi connectivity index (χ1n) is 9.11. The molecule has 32 heavy (non-hydrogen) atoms. The van der Waals surface area contributed by atoms with Gasteiger partial charge in [-0.15, -0.1) is 11.3 Å². The maximum atomic E-state index is 13.1. The molecular weight excluding hydrogens is 447 g/mol. The van der Waals surface area contributed by atoms with Crippen LogP contribution in [0, 0.1) is 6.92 Å². The SMILES string of the molecule is Cc1ccc(NC(=O)c2cnc(CNC(=O)c3ncnc(N)c3CN)s2)cc1C(F)(F)F. The van der Waals surface area contributed by atoms with Crippen molar-refractivity contribution in [3.63, 3.8) is 0 Å². The van der Waals surface area contributed by atoms with E-state index in [4.69, 9.17) is 11.5 Å². The number of nitrogens with zero attached hydrogens (tertiary/aromatic N) is 3. The van der Waals surface area contributed by atoms with Crippen LogP contribution in [0.25, 0.3) is 0 Å². The molecule has 0 fully saturated rings. The van der Waals surface area contributed by atoms with Gasteiger partial charge in [0.2, 0.25) is 0 Å². The van der Waals surface area contributed by atoms with E-state index in [9.17, 15) is 22.8 Å². The summed E-state index contributed by atoms with van der Waals surface area (Å²) >= 11 is 0.981. The lowest BCUT2D eigenvalue weighted by Crippen LogP contribution is -2.26. The van der Waals surface area contributed by atoms with Crippen molar-refractivity contribution in [1.29, 1.82) is 0 Å². The number of thiazole rings is 1. The van der Waals surface area contributed by atoms with Gasteiger partial charge in [0.05, 0.1) is 18.3 Å². The summed E-state index contributed by atoms with van der Waals surface area (Å²) in [5.74, 6) is -1.06. The van der Waals surface area contributed by atoms with Gasteiger partial charge in [0.1, 0.15) is 27.7 Å². The quantitative estimate of drug-likeness (QED) is 0.437. The van der Waals surface area contributed by atoms with Gasteiger partial charge in [-0.1, -0.05) is 6.07 Å². The molecule has 2 heterocycles. The van der Waals surface area contributed by atoms with E-state index >= 15 is 0 Å². The Labute approximate surface area is 184 Å². The third-order valence-electron chi connectivity index (χ3n) is 4.38. The van der Waals surface area contributed by atoms with Crippen molar-refractivity contribution >= 4 is 34.7 Å². The number of nitrogen functional groups attached to an aromatic ring is 1. The highest BCUT2D eigenvalue weighted by Gasteiger charge is 2.32. The zero-order chi connectivity index (χ0) is 23.5. The lowest BCUT2D eigenvalue weighted by atomic mass is 10.1. The van der Waals surface area contributed by atoms with Gasteiger partial charge >= 0.3 is 6.18 Å². The molecule has 3 aromatic rings. The molecule has 0 atom stereocenters. The van der Waals surface area contributed by atoms with Crippen molar-refractivity contribution < 1.29 is 22.8 Å². The van der Waals surface area contributed by atoms with Crippen LogP contribution in [0.1, 0.15) is 41.9 Å². The normalized spacial score (nSPS) is 11.3. The molecule has 0 aliphatic carbocycles. The van der Waals surface area contributed by atoms with Gasteiger partial charge in [-0.05, 0) is 24.6 Å². The number of anilines is 2. The smallest absolute Gasteiger partial charge is 0.383 e. The Morgan fingerprint density at radius 1 is 1.16 bits per heavy atom. The third-order valence-corrected chi connectivity index (χ3v) is 5.37. The van der Waals surface area contributed by atoms with Crippen LogP contribution in [0.2, 0.25) is 0 Å². The summed E-state index contributed by atoms with van der Waals surface area (Å²) in [4.78, 5) is 36.7. The standard InChI is InChI=1S/C19H18F3N7O2S/c1-9-2-3-10(4-12(9)19(20,21)22)29-17(30)13-6-25-14(32-13)7-26-18(31)15-11(5-23)16(24)28-8-27-15/h2-4,6,8H,5,7,23H2,1H3,(H,26,31)(H,29,30)(H2,24,27,28). The van der Waals surface area contributed by atoms with E-state index in [0.29, 0.717) is 10.6 Å². The summed E-state index contributed by atoms with van der Waals surface area (Å²) in [6, 6.07) is 3.53. The van der Waals surface area contributed by atoms with E-state index in [1.807, 2.05) is 0 Å². The van der Waals surface area contributed by atoms with Gasteiger partial charge < -0.3 is 22.1 Å². The summed E-state index contributed by atoms with van der Waals surface area (Å²) in [5.41, 5.74) is 10.8. The molecule has 0 saturated heterocycles. The average Bonchev–Trinajstić information content (AvgIpc) is 3.21. The van der Waals surface area contributed by atoms with Crippen molar-refractivity contribution in [3.05, 3.63) is 63.0 Å². The van der Waals surface area contributed by atoms with Gasteiger partial charge in [0, 0.05) is 17.8 Å². The molecular formula is C19H18F3N7O2S. The molecule has 2 aromatic heterocycles. The fourth-order valence-corrected chi connectivity index (χ4v) is 3.51. The van der Waals surface area contributed by atoms with Crippen LogP contribution in [-0.4, -0.2) is 26.8 Å². The first kappa shape index (κ1) is 23.1. The Morgan fingerprint density at radius 2 is 1.91 bits per heavy atom. The minimum atomic E-state index is -4.53. The van der Waals surface area contributed by atoms with E-state index in [2.05, 4.69) is 25.6 Å². The summed E-state index contributed by atoms with van der Waals surface area (Å²) in [6.45, 7) is 1.31. The minimum absolute atomic E-state index is 0.00634. The van der Waals surface area contributed by atoms with E-state index in [0.717, 1.165) is 23.7 Å². The summed E-state index contributed by atoms with van der Waals surface area (Å²) in [5, 5.41) is 5.43. The van der Waals surface area contributed by atoms with Crippen molar-refractivity contribution in [1.82, 2.24) is 20.3 Å². The van der Waals surface area contributed by atoms with Crippen molar-refractivity contribution in [3.8, 4) is 0 Å². The van der Waals surface area contributed by atoms with Gasteiger partial charge in [-0.3, -0.25) is 9.59 Å². The second-order valence-electron chi connectivity index (χ2n) is 6.57. The van der Waals surface area contributed by atoms with Crippen LogP contribution in [0.5, 0.6) is 0 Å². The second-order valence-corrected chi connectivity index (χ2v) is 7.69. The van der Waals surface area contributed by atoms with Crippen LogP contribution in [0.3, 0.4) is 0 Å². The number of aryl methyl sites for hydroxylation is 1. The topological polar surface area (TPSA) is 149 Å². The Balaban J connectivity index is 1.66. The lowest BCUT2D eigenvalue weighted by molar-refractivity contribution is -0.138. The highest BCUT2D eigenvalue weighted by Crippen LogP contribution is 2.33. The van der Waals surface area contributed by atoms with Crippen molar-refractivity contribution in [2.24, 2.45) is 5.73 Å². The third kappa shape index (κ3) is 5.18. The molecule has 6 N–H and O–H groups in total. The number of nitrogens with two attached hydrogens (primary N) is 2. The summed E-state index contributed by atoms with van der Waals surface area (Å²) in [6.07, 6.45) is -2.11. The number of carbonyl (C=O) groups excluding carboxylic acids is 2.